The van der Waals surface area contributed by atoms with Crippen molar-refractivity contribution in [1.29, 1.82) is 0 Å². The first-order valence-corrected chi connectivity index (χ1v) is 6.87. The Bertz CT molecular complexity index is 537. The van der Waals surface area contributed by atoms with E-state index in [1.165, 1.54) is 18.2 Å². The van der Waals surface area contributed by atoms with Crippen molar-refractivity contribution >= 4 is 27.5 Å². The van der Waals surface area contributed by atoms with Gasteiger partial charge in [-0.2, -0.15) is 0 Å². The predicted molar refractivity (Wildman–Crippen MR) is 75.5 cm³/mol. The zero-order chi connectivity index (χ0) is 14.7. The van der Waals surface area contributed by atoms with Crippen LogP contribution in [0.2, 0.25) is 0 Å². The Morgan fingerprint density at radius 1 is 1.60 bits per heavy atom. The van der Waals surface area contributed by atoms with E-state index in [2.05, 4.69) is 15.9 Å². The first kappa shape index (κ1) is 14.9. The molecule has 1 aromatic carbocycles. The van der Waals surface area contributed by atoms with Crippen LogP contribution in [0.4, 0.5) is 5.69 Å². The van der Waals surface area contributed by atoms with Gasteiger partial charge in [-0.1, -0.05) is 0 Å². The second-order valence-corrected chi connectivity index (χ2v) is 5.26. The van der Waals surface area contributed by atoms with Gasteiger partial charge in [0.2, 0.25) is 0 Å². The fourth-order valence-corrected chi connectivity index (χ4v) is 2.42. The number of nitro benzene ring substituents is 1. The van der Waals surface area contributed by atoms with Crippen LogP contribution in [-0.4, -0.2) is 48.1 Å². The Balaban J connectivity index is 2.24. The molecule has 1 unspecified atom stereocenters. The number of morpholine rings is 1. The standard InChI is InChI=1S/C12H14BrN3O4/c13-11-2-1-8(16(18)19)5-10(11)12(17)15-3-4-20-9(6-14)7-15/h1-2,5,9H,3-4,6-7,14H2. The monoisotopic (exact) mass is 343 g/mol. The maximum atomic E-state index is 12.4. The van der Waals surface area contributed by atoms with E-state index in [-0.39, 0.29) is 23.3 Å². The summed E-state index contributed by atoms with van der Waals surface area (Å²) in [5, 5.41) is 10.8. The number of ether oxygens (including phenoxy) is 1. The quantitative estimate of drug-likeness (QED) is 0.655. The lowest BCUT2D eigenvalue weighted by atomic mass is 10.1. The van der Waals surface area contributed by atoms with Gasteiger partial charge < -0.3 is 15.4 Å². The normalized spacial score (nSPS) is 18.9. The van der Waals surface area contributed by atoms with E-state index in [0.29, 0.717) is 30.7 Å². The maximum Gasteiger partial charge on any atom is 0.270 e. The van der Waals surface area contributed by atoms with Gasteiger partial charge >= 0.3 is 0 Å². The summed E-state index contributed by atoms with van der Waals surface area (Å²) < 4.78 is 5.93. The molecule has 0 saturated carbocycles. The SMILES string of the molecule is NCC1CN(C(=O)c2cc([N+](=O)[O-])ccc2Br)CCO1. The van der Waals surface area contributed by atoms with E-state index >= 15 is 0 Å². The van der Waals surface area contributed by atoms with E-state index in [1.54, 1.807) is 4.90 Å². The topological polar surface area (TPSA) is 98.7 Å². The molecule has 7 nitrogen and oxygen atoms in total. The van der Waals surface area contributed by atoms with Crippen molar-refractivity contribution in [2.24, 2.45) is 5.73 Å². The number of carbonyl (C=O) groups is 1. The molecule has 0 spiro atoms. The van der Waals surface area contributed by atoms with Gasteiger partial charge in [-0.3, -0.25) is 14.9 Å². The summed E-state index contributed by atoms with van der Waals surface area (Å²) in [6.07, 6.45) is -0.190. The maximum absolute atomic E-state index is 12.4. The number of hydrogen-bond donors (Lipinski definition) is 1. The minimum absolute atomic E-state index is 0.111. The highest BCUT2D eigenvalue weighted by molar-refractivity contribution is 9.10. The van der Waals surface area contributed by atoms with Crippen LogP contribution >= 0.6 is 15.9 Å². The first-order valence-electron chi connectivity index (χ1n) is 6.08. The number of carbonyl (C=O) groups excluding carboxylic acids is 1. The van der Waals surface area contributed by atoms with Crippen LogP contribution in [0, 0.1) is 10.1 Å². The number of hydrogen-bond acceptors (Lipinski definition) is 5. The number of non-ortho nitro benzene ring substituents is 1. The largest absolute Gasteiger partial charge is 0.373 e. The number of rotatable bonds is 3. The Morgan fingerprint density at radius 3 is 3.00 bits per heavy atom. The molecule has 0 aromatic heterocycles. The van der Waals surface area contributed by atoms with Crippen LogP contribution in [0.1, 0.15) is 10.4 Å². The number of nitrogens with zero attached hydrogens (tertiary/aromatic N) is 2. The number of nitro groups is 1. The second kappa shape index (κ2) is 6.29. The van der Waals surface area contributed by atoms with Gasteiger partial charge in [-0.15, -0.1) is 0 Å². The lowest BCUT2D eigenvalue weighted by Gasteiger charge is -2.32. The van der Waals surface area contributed by atoms with E-state index in [9.17, 15) is 14.9 Å². The molecule has 1 aliphatic rings. The van der Waals surface area contributed by atoms with Gasteiger partial charge in [0.1, 0.15) is 0 Å². The molecule has 2 N–H and O–H groups in total. The minimum Gasteiger partial charge on any atom is -0.373 e. The third-order valence-electron chi connectivity index (χ3n) is 3.08. The van der Waals surface area contributed by atoms with E-state index in [4.69, 9.17) is 10.5 Å². The van der Waals surface area contributed by atoms with Gasteiger partial charge in [-0.25, -0.2) is 0 Å². The van der Waals surface area contributed by atoms with Crippen molar-refractivity contribution in [3.05, 3.63) is 38.3 Å². The Kier molecular flexibility index (Phi) is 4.69. The zero-order valence-electron chi connectivity index (χ0n) is 10.6. The molecule has 2 rings (SSSR count). The molecule has 1 amide bonds. The number of halogens is 1. The van der Waals surface area contributed by atoms with Crippen LogP contribution in [0.3, 0.4) is 0 Å². The Hall–Kier alpha value is -1.51. The van der Waals surface area contributed by atoms with Crippen molar-refractivity contribution < 1.29 is 14.5 Å². The van der Waals surface area contributed by atoms with Crippen LogP contribution in [0.25, 0.3) is 0 Å². The Labute approximate surface area is 124 Å². The van der Waals surface area contributed by atoms with Gasteiger partial charge in [0.25, 0.3) is 11.6 Å². The lowest BCUT2D eigenvalue weighted by Crippen LogP contribution is -2.48. The van der Waals surface area contributed by atoms with Crippen LogP contribution < -0.4 is 5.73 Å². The molecule has 1 aliphatic heterocycles. The molecule has 1 aromatic rings. The molecule has 0 radical (unpaired) electrons. The van der Waals surface area contributed by atoms with Crippen LogP contribution in [0.15, 0.2) is 22.7 Å². The summed E-state index contributed by atoms with van der Waals surface area (Å²) >= 11 is 3.25. The van der Waals surface area contributed by atoms with Crippen molar-refractivity contribution in [1.82, 2.24) is 4.90 Å². The number of benzene rings is 1. The third-order valence-corrected chi connectivity index (χ3v) is 3.77. The summed E-state index contributed by atoms with van der Waals surface area (Å²) in [4.78, 5) is 24.3. The zero-order valence-corrected chi connectivity index (χ0v) is 12.2. The van der Waals surface area contributed by atoms with Crippen LogP contribution in [-0.2, 0) is 4.74 Å². The van der Waals surface area contributed by atoms with E-state index in [1.807, 2.05) is 0 Å². The summed E-state index contributed by atoms with van der Waals surface area (Å²) in [6.45, 7) is 1.59. The molecule has 1 saturated heterocycles. The molecule has 1 fully saturated rings. The highest BCUT2D eigenvalue weighted by Crippen LogP contribution is 2.24. The average Bonchev–Trinajstić information content (AvgIpc) is 2.46. The number of amides is 1. The summed E-state index contributed by atoms with van der Waals surface area (Å²) in [7, 11) is 0. The Morgan fingerprint density at radius 2 is 2.35 bits per heavy atom. The molecule has 1 heterocycles. The van der Waals surface area contributed by atoms with Crippen LogP contribution in [0.5, 0.6) is 0 Å². The highest BCUT2D eigenvalue weighted by Gasteiger charge is 2.26. The van der Waals surface area contributed by atoms with Crippen molar-refractivity contribution in [3.8, 4) is 0 Å². The van der Waals surface area contributed by atoms with Crippen molar-refractivity contribution in [3.63, 3.8) is 0 Å². The average molecular weight is 344 g/mol. The predicted octanol–water partition coefficient (Wildman–Crippen LogP) is 1.16. The fraction of sp³-hybridized carbons (Fsp3) is 0.417. The minimum atomic E-state index is -0.523. The molecule has 20 heavy (non-hydrogen) atoms. The molecule has 8 heteroatoms. The summed E-state index contributed by atoms with van der Waals surface area (Å²) in [5.74, 6) is -0.262. The summed E-state index contributed by atoms with van der Waals surface area (Å²) in [6, 6.07) is 4.13. The first-order chi connectivity index (χ1) is 9.52. The van der Waals surface area contributed by atoms with Crippen molar-refractivity contribution in [2.45, 2.75) is 6.10 Å². The van der Waals surface area contributed by atoms with Gasteiger partial charge in [-0.05, 0) is 22.0 Å². The van der Waals surface area contributed by atoms with Gasteiger partial charge in [0.05, 0.1) is 23.2 Å². The molecular formula is C12H14BrN3O4. The molecule has 1 atom stereocenters. The molecule has 0 aliphatic carbocycles. The smallest absolute Gasteiger partial charge is 0.270 e. The highest BCUT2D eigenvalue weighted by atomic mass is 79.9. The second-order valence-electron chi connectivity index (χ2n) is 4.40. The van der Waals surface area contributed by atoms with Gasteiger partial charge in [0.15, 0.2) is 0 Å². The van der Waals surface area contributed by atoms with Gasteiger partial charge in [0, 0.05) is 36.2 Å². The number of nitrogens with two attached hydrogens (primary N) is 1. The summed E-state index contributed by atoms with van der Waals surface area (Å²) in [5.41, 5.74) is 5.70. The lowest BCUT2D eigenvalue weighted by molar-refractivity contribution is -0.384. The fourth-order valence-electron chi connectivity index (χ4n) is 2.01. The van der Waals surface area contributed by atoms with E-state index in [0.717, 1.165) is 0 Å². The van der Waals surface area contributed by atoms with Crippen molar-refractivity contribution in [2.75, 3.05) is 26.2 Å². The molecule has 108 valence electrons. The molecule has 0 bridgehead atoms. The third kappa shape index (κ3) is 3.14. The molecular weight excluding hydrogens is 330 g/mol. The van der Waals surface area contributed by atoms with E-state index < -0.39 is 4.92 Å².